The number of likely N-dealkylation sites (tertiary alicyclic amines) is 1. The van der Waals surface area contributed by atoms with E-state index in [-0.39, 0.29) is 0 Å². The smallest absolute Gasteiger partial charge is 0.194 e. The fourth-order valence-corrected chi connectivity index (χ4v) is 3.62. The Bertz CT molecular complexity index is 676. The molecule has 4 rings (SSSR count). The third-order valence-electron chi connectivity index (χ3n) is 4.87. The van der Waals surface area contributed by atoms with Gasteiger partial charge in [-0.05, 0) is 29.5 Å². The number of benzene rings is 2. The Kier molecular flexibility index (Phi) is 4.01. The van der Waals surface area contributed by atoms with Crippen LogP contribution in [0, 0.1) is 0 Å². The third-order valence-corrected chi connectivity index (χ3v) is 4.87. The van der Waals surface area contributed by atoms with Crippen molar-refractivity contribution in [3.63, 3.8) is 0 Å². The van der Waals surface area contributed by atoms with Gasteiger partial charge in [0.25, 0.3) is 0 Å². The predicted molar refractivity (Wildman–Crippen MR) is 95.7 cm³/mol. The minimum atomic E-state index is 0.610. The molecule has 0 saturated carbocycles. The van der Waals surface area contributed by atoms with E-state index in [0.717, 1.165) is 32.1 Å². The van der Waals surface area contributed by atoms with Gasteiger partial charge in [0.05, 0.1) is 6.54 Å². The largest absolute Gasteiger partial charge is 0.354 e. The van der Waals surface area contributed by atoms with Crippen molar-refractivity contribution in [3.8, 4) is 11.1 Å². The molecule has 0 spiro atoms. The number of nitrogens with one attached hydrogen (secondary N) is 1. The van der Waals surface area contributed by atoms with E-state index in [1.807, 2.05) is 0 Å². The highest BCUT2D eigenvalue weighted by Crippen LogP contribution is 2.29. The third kappa shape index (κ3) is 3.09. The van der Waals surface area contributed by atoms with Crippen molar-refractivity contribution < 1.29 is 0 Å². The molecule has 0 bridgehead atoms. The van der Waals surface area contributed by atoms with E-state index >= 15 is 0 Å². The molecular formula is C20H23N3. The number of hydrogen-bond acceptors (Lipinski definition) is 3. The molecular weight excluding hydrogens is 282 g/mol. The van der Waals surface area contributed by atoms with E-state index < -0.39 is 0 Å². The van der Waals surface area contributed by atoms with Crippen LogP contribution < -0.4 is 5.32 Å². The molecule has 0 aliphatic carbocycles. The van der Waals surface area contributed by atoms with Gasteiger partial charge in [-0.1, -0.05) is 54.6 Å². The van der Waals surface area contributed by atoms with Crippen molar-refractivity contribution in [2.24, 2.45) is 4.99 Å². The number of piperidine rings is 1. The maximum Gasteiger partial charge on any atom is 0.194 e. The summed E-state index contributed by atoms with van der Waals surface area (Å²) in [6.45, 7) is 4.12. The fourth-order valence-electron chi connectivity index (χ4n) is 3.62. The van der Waals surface area contributed by atoms with Crippen LogP contribution in [0.5, 0.6) is 0 Å². The van der Waals surface area contributed by atoms with Gasteiger partial charge in [-0.15, -0.1) is 0 Å². The highest BCUT2D eigenvalue weighted by atomic mass is 15.3. The van der Waals surface area contributed by atoms with E-state index in [1.165, 1.54) is 29.5 Å². The van der Waals surface area contributed by atoms with E-state index in [1.54, 1.807) is 0 Å². The van der Waals surface area contributed by atoms with Crippen LogP contribution in [0.15, 0.2) is 59.6 Å². The normalized spacial score (nSPS) is 21.0. The molecule has 1 atom stereocenters. The van der Waals surface area contributed by atoms with Crippen molar-refractivity contribution in [1.29, 1.82) is 0 Å². The van der Waals surface area contributed by atoms with Crippen molar-refractivity contribution in [2.45, 2.75) is 18.8 Å². The Labute approximate surface area is 138 Å². The highest BCUT2D eigenvalue weighted by Gasteiger charge is 2.24. The summed E-state index contributed by atoms with van der Waals surface area (Å²) in [5, 5.41) is 3.40. The van der Waals surface area contributed by atoms with E-state index in [9.17, 15) is 0 Å². The zero-order valence-electron chi connectivity index (χ0n) is 13.4. The van der Waals surface area contributed by atoms with Crippen molar-refractivity contribution in [3.05, 3.63) is 60.2 Å². The average molecular weight is 305 g/mol. The minimum Gasteiger partial charge on any atom is -0.354 e. The van der Waals surface area contributed by atoms with Gasteiger partial charge >= 0.3 is 0 Å². The lowest BCUT2D eigenvalue weighted by Crippen LogP contribution is -2.44. The number of guanidine groups is 1. The fraction of sp³-hybridized carbons (Fsp3) is 0.350. The minimum absolute atomic E-state index is 0.610. The zero-order valence-corrected chi connectivity index (χ0v) is 13.4. The Balaban J connectivity index is 1.49. The summed E-state index contributed by atoms with van der Waals surface area (Å²) in [5.41, 5.74) is 4.03. The number of nitrogens with zero attached hydrogens (tertiary/aromatic N) is 2. The van der Waals surface area contributed by atoms with Gasteiger partial charge in [-0.3, -0.25) is 4.99 Å². The van der Waals surface area contributed by atoms with E-state index in [0.29, 0.717) is 5.92 Å². The van der Waals surface area contributed by atoms with Crippen molar-refractivity contribution in [2.75, 3.05) is 26.2 Å². The summed E-state index contributed by atoms with van der Waals surface area (Å²) in [7, 11) is 0. The average Bonchev–Trinajstić information content (AvgIpc) is 3.18. The van der Waals surface area contributed by atoms with Crippen LogP contribution in [0.2, 0.25) is 0 Å². The molecule has 1 fully saturated rings. The lowest BCUT2D eigenvalue weighted by molar-refractivity contribution is 0.303. The van der Waals surface area contributed by atoms with E-state index in [4.69, 9.17) is 0 Å². The molecule has 0 amide bonds. The number of rotatable bonds is 2. The molecule has 1 saturated heterocycles. The van der Waals surface area contributed by atoms with Crippen LogP contribution >= 0.6 is 0 Å². The van der Waals surface area contributed by atoms with Crippen LogP contribution in [0.4, 0.5) is 0 Å². The number of hydrogen-bond donors (Lipinski definition) is 1. The molecule has 3 heteroatoms. The quantitative estimate of drug-likeness (QED) is 0.919. The van der Waals surface area contributed by atoms with Gasteiger partial charge < -0.3 is 10.2 Å². The van der Waals surface area contributed by atoms with Gasteiger partial charge in [0.1, 0.15) is 0 Å². The zero-order chi connectivity index (χ0) is 15.5. The molecule has 1 N–H and O–H groups in total. The maximum absolute atomic E-state index is 4.57. The first-order valence-corrected chi connectivity index (χ1v) is 8.59. The van der Waals surface area contributed by atoms with Crippen LogP contribution in [0.25, 0.3) is 11.1 Å². The van der Waals surface area contributed by atoms with Crippen molar-refractivity contribution in [1.82, 2.24) is 10.2 Å². The first kappa shape index (κ1) is 14.3. The molecule has 2 aliphatic heterocycles. The lowest BCUT2D eigenvalue weighted by atomic mass is 9.89. The highest BCUT2D eigenvalue weighted by molar-refractivity contribution is 5.81. The summed E-state index contributed by atoms with van der Waals surface area (Å²) in [4.78, 5) is 7.00. The van der Waals surface area contributed by atoms with Crippen LogP contribution in [-0.4, -0.2) is 37.0 Å². The Morgan fingerprint density at radius 3 is 2.48 bits per heavy atom. The molecule has 3 nitrogen and oxygen atoms in total. The molecule has 23 heavy (non-hydrogen) atoms. The van der Waals surface area contributed by atoms with Gasteiger partial charge in [0.2, 0.25) is 0 Å². The molecule has 0 aromatic heterocycles. The second kappa shape index (κ2) is 6.45. The molecule has 2 aromatic carbocycles. The van der Waals surface area contributed by atoms with Gasteiger partial charge in [0, 0.05) is 25.6 Å². The Morgan fingerprint density at radius 2 is 1.74 bits per heavy atom. The van der Waals surface area contributed by atoms with Crippen LogP contribution in [-0.2, 0) is 0 Å². The molecule has 2 heterocycles. The SMILES string of the molecule is c1ccc(-c2ccc([C@@H]3CCCN(C4=NCCN4)C3)cc2)cc1. The van der Waals surface area contributed by atoms with Gasteiger partial charge in [0.15, 0.2) is 5.96 Å². The molecule has 0 radical (unpaired) electrons. The standard InChI is InChI=1S/C20H23N3/c1-2-5-16(6-3-1)17-8-10-18(11-9-17)19-7-4-14-23(15-19)20-21-12-13-22-20/h1-3,5-6,8-11,19H,4,7,12-15H2,(H,21,22)/t19-/m1/s1. The van der Waals surface area contributed by atoms with Crippen molar-refractivity contribution >= 4 is 5.96 Å². The molecule has 2 aromatic rings. The topological polar surface area (TPSA) is 27.6 Å². The predicted octanol–water partition coefficient (Wildman–Crippen LogP) is 3.49. The molecule has 118 valence electrons. The monoisotopic (exact) mass is 305 g/mol. The molecule has 2 aliphatic rings. The van der Waals surface area contributed by atoms with Crippen LogP contribution in [0.1, 0.15) is 24.3 Å². The van der Waals surface area contributed by atoms with E-state index in [2.05, 4.69) is 69.8 Å². The summed E-state index contributed by atoms with van der Waals surface area (Å²) >= 11 is 0. The summed E-state index contributed by atoms with van der Waals surface area (Å²) < 4.78 is 0. The Morgan fingerprint density at radius 1 is 0.957 bits per heavy atom. The van der Waals surface area contributed by atoms with Gasteiger partial charge in [-0.25, -0.2) is 0 Å². The lowest BCUT2D eigenvalue weighted by Gasteiger charge is -2.34. The maximum atomic E-state index is 4.57. The molecule has 0 unspecified atom stereocenters. The second-order valence-electron chi connectivity index (χ2n) is 6.41. The second-order valence-corrected chi connectivity index (χ2v) is 6.41. The number of aliphatic imine (C=N–C) groups is 1. The summed E-state index contributed by atoms with van der Waals surface area (Å²) in [6, 6.07) is 19.7. The van der Waals surface area contributed by atoms with Gasteiger partial charge in [-0.2, -0.15) is 0 Å². The van der Waals surface area contributed by atoms with Crippen LogP contribution in [0.3, 0.4) is 0 Å². The summed E-state index contributed by atoms with van der Waals surface area (Å²) in [6.07, 6.45) is 2.51. The Hall–Kier alpha value is -2.29. The summed E-state index contributed by atoms with van der Waals surface area (Å²) in [5.74, 6) is 1.72. The first-order chi connectivity index (χ1) is 11.4. The first-order valence-electron chi connectivity index (χ1n) is 8.59.